The van der Waals surface area contributed by atoms with Crippen molar-refractivity contribution >= 4 is 0 Å². The van der Waals surface area contributed by atoms with Crippen LogP contribution in [-0.2, 0) is 12.8 Å². The van der Waals surface area contributed by atoms with E-state index in [4.69, 9.17) is 9.47 Å². The molecule has 0 unspecified atom stereocenters. The minimum atomic E-state index is -4.61. The first-order valence-electron chi connectivity index (χ1n) is 6.06. The molecule has 0 bridgehead atoms. The molecule has 0 fully saturated rings. The number of rotatable bonds is 4. The highest BCUT2D eigenvalue weighted by Gasteiger charge is 2.34. The molecule has 2 rings (SSSR count). The highest BCUT2D eigenvalue weighted by Crippen LogP contribution is 2.36. The predicted octanol–water partition coefficient (Wildman–Crippen LogP) is 4.00. The summed E-state index contributed by atoms with van der Waals surface area (Å²) < 4.78 is 48.6. The van der Waals surface area contributed by atoms with E-state index >= 15 is 0 Å². The Bertz CT molecular complexity index is 624. The predicted molar refractivity (Wildman–Crippen MR) is 70.4 cm³/mol. The van der Waals surface area contributed by atoms with Gasteiger partial charge in [0.25, 0.3) is 0 Å². The summed E-state index contributed by atoms with van der Waals surface area (Å²) in [6.07, 6.45) is -4.61. The highest BCUT2D eigenvalue weighted by atomic mass is 19.4. The Morgan fingerprint density at radius 2 is 1.71 bits per heavy atom. The second-order valence-corrected chi connectivity index (χ2v) is 4.29. The van der Waals surface area contributed by atoms with Gasteiger partial charge in [-0.3, -0.25) is 0 Å². The van der Waals surface area contributed by atoms with Gasteiger partial charge in [0, 0.05) is 0 Å². The highest BCUT2D eigenvalue weighted by molar-refractivity contribution is 5.41. The summed E-state index contributed by atoms with van der Waals surface area (Å²) in [5, 5.41) is 9.26. The van der Waals surface area contributed by atoms with Crippen LogP contribution in [0.25, 0.3) is 0 Å². The molecule has 0 aliphatic carbocycles. The lowest BCUT2D eigenvalue weighted by Gasteiger charge is -2.13. The molecule has 0 saturated carbocycles. The normalized spacial score (nSPS) is 11.2. The van der Waals surface area contributed by atoms with Crippen LogP contribution in [0, 0.1) is 0 Å². The van der Waals surface area contributed by atoms with Crippen LogP contribution in [0.4, 0.5) is 13.2 Å². The molecular weight excluding hydrogens is 285 g/mol. The lowest BCUT2D eigenvalue weighted by atomic mass is 10.1. The van der Waals surface area contributed by atoms with Gasteiger partial charge in [-0.1, -0.05) is 18.2 Å². The van der Waals surface area contributed by atoms with E-state index in [1.165, 1.54) is 13.2 Å². The smallest absolute Gasteiger partial charge is 0.419 e. The number of phenols is 1. The van der Waals surface area contributed by atoms with Crippen molar-refractivity contribution in [1.29, 1.82) is 0 Å². The SMILES string of the molecule is COc1ccccc1OCc1ccc(O)c(C(F)(F)F)c1. The van der Waals surface area contributed by atoms with E-state index in [-0.39, 0.29) is 6.61 Å². The minimum absolute atomic E-state index is 0.0657. The van der Waals surface area contributed by atoms with E-state index in [0.717, 1.165) is 12.1 Å². The van der Waals surface area contributed by atoms with Gasteiger partial charge < -0.3 is 14.6 Å². The Hall–Kier alpha value is -2.37. The third kappa shape index (κ3) is 3.59. The van der Waals surface area contributed by atoms with Gasteiger partial charge in [-0.25, -0.2) is 0 Å². The van der Waals surface area contributed by atoms with Gasteiger partial charge in [-0.15, -0.1) is 0 Å². The number of benzene rings is 2. The van der Waals surface area contributed by atoms with Crippen LogP contribution in [0.3, 0.4) is 0 Å². The molecule has 3 nitrogen and oxygen atoms in total. The molecule has 0 spiro atoms. The molecular formula is C15H13F3O3. The molecule has 0 atom stereocenters. The molecule has 6 heteroatoms. The number of ether oxygens (including phenoxy) is 2. The fourth-order valence-corrected chi connectivity index (χ4v) is 1.80. The zero-order valence-corrected chi connectivity index (χ0v) is 11.1. The second kappa shape index (κ2) is 5.95. The first-order valence-corrected chi connectivity index (χ1v) is 6.06. The number of phenolic OH excluding ortho intramolecular Hbond substituents is 1. The molecule has 21 heavy (non-hydrogen) atoms. The van der Waals surface area contributed by atoms with Gasteiger partial charge in [-0.05, 0) is 29.8 Å². The number of hydrogen-bond acceptors (Lipinski definition) is 3. The molecule has 2 aromatic carbocycles. The van der Waals surface area contributed by atoms with Crippen LogP contribution in [0.5, 0.6) is 17.2 Å². The van der Waals surface area contributed by atoms with Gasteiger partial charge >= 0.3 is 6.18 Å². The van der Waals surface area contributed by atoms with Crippen molar-refractivity contribution in [3.05, 3.63) is 53.6 Å². The third-order valence-electron chi connectivity index (χ3n) is 2.83. The second-order valence-electron chi connectivity index (χ2n) is 4.29. The average molecular weight is 298 g/mol. The molecule has 112 valence electrons. The fourth-order valence-electron chi connectivity index (χ4n) is 1.80. The Labute approximate surface area is 119 Å². The standard InChI is InChI=1S/C15H13F3O3/c1-20-13-4-2-3-5-14(13)21-9-10-6-7-12(19)11(8-10)15(16,17)18/h2-8,19H,9H2,1H3. The summed E-state index contributed by atoms with van der Waals surface area (Å²) in [5.41, 5.74) is -0.783. The molecule has 2 aromatic rings. The van der Waals surface area contributed by atoms with Gasteiger partial charge in [-0.2, -0.15) is 13.2 Å². The number of alkyl halides is 3. The molecule has 1 N–H and O–H groups in total. The molecule has 0 radical (unpaired) electrons. The number of methoxy groups -OCH3 is 1. The monoisotopic (exact) mass is 298 g/mol. The van der Waals surface area contributed by atoms with E-state index in [1.54, 1.807) is 24.3 Å². The molecule has 0 aromatic heterocycles. The minimum Gasteiger partial charge on any atom is -0.507 e. The summed E-state index contributed by atoms with van der Waals surface area (Å²) in [6, 6.07) is 10.1. The maximum absolute atomic E-state index is 12.7. The lowest BCUT2D eigenvalue weighted by molar-refractivity contribution is -0.138. The van der Waals surface area contributed by atoms with E-state index in [2.05, 4.69) is 0 Å². The van der Waals surface area contributed by atoms with Crippen molar-refractivity contribution in [2.75, 3.05) is 7.11 Å². The van der Waals surface area contributed by atoms with E-state index in [1.807, 2.05) is 0 Å². The summed E-state index contributed by atoms with van der Waals surface area (Å²) in [5.74, 6) is 0.123. The lowest BCUT2D eigenvalue weighted by Crippen LogP contribution is -2.07. The van der Waals surface area contributed by atoms with E-state index < -0.39 is 17.5 Å². The zero-order chi connectivity index (χ0) is 15.5. The maximum atomic E-state index is 12.7. The molecule has 0 saturated heterocycles. The van der Waals surface area contributed by atoms with Gasteiger partial charge in [0.2, 0.25) is 0 Å². The summed E-state index contributed by atoms with van der Waals surface area (Å²) in [6.45, 7) is -0.0657. The Morgan fingerprint density at radius 1 is 1.05 bits per heavy atom. The Balaban J connectivity index is 2.17. The van der Waals surface area contributed by atoms with Crippen LogP contribution >= 0.6 is 0 Å². The van der Waals surface area contributed by atoms with Gasteiger partial charge in [0.05, 0.1) is 12.7 Å². The summed E-state index contributed by atoms with van der Waals surface area (Å²) in [7, 11) is 1.48. The quantitative estimate of drug-likeness (QED) is 0.927. The van der Waals surface area contributed by atoms with Crippen LogP contribution in [0.1, 0.15) is 11.1 Å². The third-order valence-corrected chi connectivity index (χ3v) is 2.83. The Morgan fingerprint density at radius 3 is 2.33 bits per heavy atom. The Kier molecular flexibility index (Phi) is 4.26. The number of para-hydroxylation sites is 2. The van der Waals surface area contributed by atoms with Crippen LogP contribution in [0.2, 0.25) is 0 Å². The number of aromatic hydroxyl groups is 1. The topological polar surface area (TPSA) is 38.7 Å². The van der Waals surface area contributed by atoms with E-state index in [9.17, 15) is 18.3 Å². The fraction of sp³-hybridized carbons (Fsp3) is 0.200. The number of halogens is 3. The molecule has 0 amide bonds. The summed E-state index contributed by atoms with van der Waals surface area (Å²) >= 11 is 0. The van der Waals surface area contributed by atoms with Crippen molar-refractivity contribution in [3.8, 4) is 17.2 Å². The van der Waals surface area contributed by atoms with Crippen LogP contribution in [-0.4, -0.2) is 12.2 Å². The van der Waals surface area contributed by atoms with Gasteiger partial charge in [0.1, 0.15) is 12.4 Å². The largest absolute Gasteiger partial charge is 0.507 e. The van der Waals surface area contributed by atoms with E-state index in [0.29, 0.717) is 17.1 Å². The first-order chi connectivity index (χ1) is 9.91. The van der Waals surface area contributed by atoms with Crippen molar-refractivity contribution in [2.24, 2.45) is 0 Å². The first kappa shape index (κ1) is 15.0. The van der Waals surface area contributed by atoms with Crippen LogP contribution < -0.4 is 9.47 Å². The average Bonchev–Trinajstić information content (AvgIpc) is 2.45. The van der Waals surface area contributed by atoms with Crippen molar-refractivity contribution in [1.82, 2.24) is 0 Å². The zero-order valence-electron chi connectivity index (χ0n) is 11.1. The van der Waals surface area contributed by atoms with Crippen molar-refractivity contribution in [3.63, 3.8) is 0 Å². The van der Waals surface area contributed by atoms with Crippen molar-refractivity contribution in [2.45, 2.75) is 12.8 Å². The maximum Gasteiger partial charge on any atom is 0.419 e. The molecule has 0 aliphatic heterocycles. The summed E-state index contributed by atoms with van der Waals surface area (Å²) in [4.78, 5) is 0. The van der Waals surface area contributed by atoms with Crippen LogP contribution in [0.15, 0.2) is 42.5 Å². The number of hydrogen-bond donors (Lipinski definition) is 1. The molecule has 0 heterocycles. The molecule has 0 aliphatic rings. The van der Waals surface area contributed by atoms with Gasteiger partial charge in [0.15, 0.2) is 11.5 Å². The van der Waals surface area contributed by atoms with Crippen molar-refractivity contribution < 1.29 is 27.8 Å².